The molecule has 0 aliphatic carbocycles. The molecule has 1 aliphatic rings. The van der Waals surface area contributed by atoms with Crippen LogP contribution in [-0.4, -0.2) is 55.3 Å². The van der Waals surface area contributed by atoms with Crippen molar-refractivity contribution in [3.05, 3.63) is 64.4 Å². The number of halogens is 2. The topological polar surface area (TPSA) is 66.9 Å². The third-order valence-corrected chi connectivity index (χ3v) is 5.35. The molecular weight excluding hydrogens is 411 g/mol. The van der Waals surface area contributed by atoms with Gasteiger partial charge < -0.3 is 14.5 Å². The van der Waals surface area contributed by atoms with Gasteiger partial charge in [0, 0.05) is 36.8 Å². The van der Waals surface area contributed by atoms with E-state index in [0.29, 0.717) is 48.0 Å². The number of anilines is 1. The smallest absolute Gasteiger partial charge is 0.310 e. The number of nitrogens with zero attached hydrogens (tertiary/aromatic N) is 2. The van der Waals surface area contributed by atoms with E-state index in [2.05, 4.69) is 0 Å². The van der Waals surface area contributed by atoms with Crippen molar-refractivity contribution in [1.29, 1.82) is 0 Å². The molecule has 1 saturated heterocycles. The first-order valence-electron chi connectivity index (χ1n) is 9.57. The van der Waals surface area contributed by atoms with Gasteiger partial charge in [-0.25, -0.2) is 4.39 Å². The summed E-state index contributed by atoms with van der Waals surface area (Å²) in [7, 11) is 0. The van der Waals surface area contributed by atoms with Gasteiger partial charge in [-0.3, -0.25) is 14.4 Å². The minimum Gasteiger partial charge on any atom is -0.455 e. The second kappa shape index (κ2) is 9.71. The van der Waals surface area contributed by atoms with Gasteiger partial charge in [0.2, 0.25) is 0 Å². The Labute approximate surface area is 179 Å². The minimum absolute atomic E-state index is 0.00370. The molecule has 1 fully saturated rings. The summed E-state index contributed by atoms with van der Waals surface area (Å²) in [5, 5.41) is 0.473. The van der Waals surface area contributed by atoms with E-state index in [1.165, 1.54) is 13.0 Å². The van der Waals surface area contributed by atoms with E-state index in [-0.39, 0.29) is 24.7 Å². The van der Waals surface area contributed by atoms with E-state index in [9.17, 15) is 18.8 Å². The molecule has 1 heterocycles. The van der Waals surface area contributed by atoms with E-state index in [1.807, 2.05) is 4.90 Å². The highest BCUT2D eigenvalue weighted by Crippen LogP contribution is 2.22. The summed E-state index contributed by atoms with van der Waals surface area (Å²) >= 11 is 6.02. The second-order valence-corrected chi connectivity index (χ2v) is 7.43. The second-order valence-electron chi connectivity index (χ2n) is 7.02. The van der Waals surface area contributed by atoms with Crippen molar-refractivity contribution in [1.82, 2.24) is 4.90 Å². The van der Waals surface area contributed by atoms with Crippen LogP contribution in [0.1, 0.15) is 22.8 Å². The molecule has 30 heavy (non-hydrogen) atoms. The maximum atomic E-state index is 14.3. The first-order chi connectivity index (χ1) is 14.3. The van der Waals surface area contributed by atoms with Crippen LogP contribution in [0.2, 0.25) is 5.02 Å². The summed E-state index contributed by atoms with van der Waals surface area (Å²) in [5.74, 6) is -1.48. The fraction of sp³-hybridized carbons (Fsp3) is 0.318. The Hall–Kier alpha value is -2.93. The zero-order valence-corrected chi connectivity index (χ0v) is 17.3. The first-order valence-corrected chi connectivity index (χ1v) is 9.95. The van der Waals surface area contributed by atoms with Crippen molar-refractivity contribution >= 4 is 34.9 Å². The van der Waals surface area contributed by atoms with Crippen molar-refractivity contribution < 1.29 is 23.5 Å². The monoisotopic (exact) mass is 432 g/mol. The fourth-order valence-electron chi connectivity index (χ4n) is 3.26. The molecule has 0 bridgehead atoms. The van der Waals surface area contributed by atoms with Gasteiger partial charge in [0.05, 0.1) is 12.1 Å². The molecule has 158 valence electrons. The van der Waals surface area contributed by atoms with Crippen LogP contribution in [0.5, 0.6) is 0 Å². The van der Waals surface area contributed by atoms with Gasteiger partial charge in [-0.2, -0.15) is 0 Å². The molecule has 0 radical (unpaired) electrons. The molecule has 1 aliphatic heterocycles. The molecule has 1 amide bonds. The van der Waals surface area contributed by atoms with Crippen LogP contribution in [0.3, 0.4) is 0 Å². The van der Waals surface area contributed by atoms with Crippen LogP contribution in [0.25, 0.3) is 0 Å². The highest BCUT2D eigenvalue weighted by Gasteiger charge is 2.24. The molecule has 2 aromatic rings. The summed E-state index contributed by atoms with van der Waals surface area (Å²) in [5.41, 5.74) is 1.37. The highest BCUT2D eigenvalue weighted by atomic mass is 35.5. The van der Waals surface area contributed by atoms with E-state index in [4.69, 9.17) is 16.3 Å². The number of carbonyl (C=O) groups is 3. The molecule has 0 unspecified atom stereocenters. The highest BCUT2D eigenvalue weighted by molar-refractivity contribution is 6.31. The van der Waals surface area contributed by atoms with Gasteiger partial charge in [-0.05, 0) is 36.8 Å². The maximum absolute atomic E-state index is 14.3. The Morgan fingerprint density at radius 2 is 1.77 bits per heavy atom. The van der Waals surface area contributed by atoms with Crippen LogP contribution in [0.4, 0.5) is 10.1 Å². The Morgan fingerprint density at radius 3 is 2.40 bits per heavy atom. The number of benzene rings is 2. The maximum Gasteiger partial charge on any atom is 0.310 e. The minimum atomic E-state index is -0.525. The summed E-state index contributed by atoms with van der Waals surface area (Å²) in [4.78, 5) is 39.1. The Morgan fingerprint density at radius 1 is 1.07 bits per heavy atom. The van der Waals surface area contributed by atoms with Gasteiger partial charge >= 0.3 is 5.97 Å². The van der Waals surface area contributed by atoms with Crippen LogP contribution in [0.15, 0.2) is 42.5 Å². The average molecular weight is 433 g/mol. The molecule has 8 heteroatoms. The fourth-order valence-corrected chi connectivity index (χ4v) is 3.46. The Bertz CT molecular complexity index is 958. The zero-order valence-electron chi connectivity index (χ0n) is 16.6. The van der Waals surface area contributed by atoms with Crippen molar-refractivity contribution in [2.24, 2.45) is 0 Å². The number of esters is 1. The SMILES string of the molecule is CC(=O)c1ccc(N2CCN(C(=O)COC(=O)Cc3ccccc3Cl)CC2)c(F)c1. The summed E-state index contributed by atoms with van der Waals surface area (Å²) < 4.78 is 19.4. The third-order valence-electron chi connectivity index (χ3n) is 4.98. The lowest BCUT2D eigenvalue weighted by Crippen LogP contribution is -2.50. The number of Topliss-reactive ketones (excluding diaryl/α,β-unsaturated/α-hetero) is 1. The average Bonchev–Trinajstić information content (AvgIpc) is 2.73. The molecule has 0 spiro atoms. The van der Waals surface area contributed by atoms with Crippen LogP contribution in [-0.2, 0) is 20.7 Å². The van der Waals surface area contributed by atoms with Gasteiger partial charge in [0.25, 0.3) is 5.91 Å². The molecule has 6 nitrogen and oxygen atoms in total. The summed E-state index contributed by atoms with van der Waals surface area (Å²) in [6, 6.07) is 11.4. The van der Waals surface area contributed by atoms with E-state index >= 15 is 0 Å². The number of ether oxygens (including phenoxy) is 1. The summed E-state index contributed by atoms with van der Waals surface area (Å²) in [6.07, 6.45) is -0.00370. The molecule has 0 aromatic heterocycles. The van der Waals surface area contributed by atoms with Crippen molar-refractivity contribution in [3.8, 4) is 0 Å². The number of piperazine rings is 1. The van der Waals surface area contributed by atoms with Gasteiger partial charge in [-0.15, -0.1) is 0 Å². The van der Waals surface area contributed by atoms with Gasteiger partial charge in [0.1, 0.15) is 5.82 Å². The van der Waals surface area contributed by atoms with Crippen LogP contribution < -0.4 is 4.90 Å². The molecule has 0 atom stereocenters. The number of ketones is 1. The Balaban J connectivity index is 1.48. The molecule has 0 N–H and O–H groups in total. The lowest BCUT2D eigenvalue weighted by atomic mass is 10.1. The van der Waals surface area contributed by atoms with Crippen molar-refractivity contribution in [2.45, 2.75) is 13.3 Å². The zero-order chi connectivity index (χ0) is 21.7. The van der Waals surface area contributed by atoms with E-state index in [1.54, 1.807) is 41.3 Å². The predicted molar refractivity (Wildman–Crippen MR) is 111 cm³/mol. The largest absolute Gasteiger partial charge is 0.455 e. The van der Waals surface area contributed by atoms with Crippen LogP contribution in [0, 0.1) is 5.82 Å². The number of amides is 1. The van der Waals surface area contributed by atoms with E-state index in [0.717, 1.165) is 0 Å². The lowest BCUT2D eigenvalue weighted by Gasteiger charge is -2.36. The van der Waals surface area contributed by atoms with Crippen LogP contribution >= 0.6 is 11.6 Å². The molecule has 2 aromatic carbocycles. The summed E-state index contributed by atoms with van der Waals surface area (Å²) in [6.45, 7) is 2.69. The first kappa shape index (κ1) is 21.8. The molecular formula is C22H22ClFN2O4. The number of carbonyl (C=O) groups excluding carboxylic acids is 3. The Kier molecular flexibility index (Phi) is 7.05. The third kappa shape index (κ3) is 5.36. The van der Waals surface area contributed by atoms with Gasteiger partial charge in [-0.1, -0.05) is 29.8 Å². The standard InChI is InChI=1S/C22H22ClFN2O4/c1-15(27)16-6-7-20(19(24)12-16)25-8-10-26(11-9-25)21(28)14-30-22(29)13-17-4-2-3-5-18(17)23/h2-7,12H,8-11,13-14H2,1H3. The van der Waals surface area contributed by atoms with Crippen molar-refractivity contribution in [3.63, 3.8) is 0 Å². The van der Waals surface area contributed by atoms with E-state index < -0.39 is 11.8 Å². The number of hydrogen-bond acceptors (Lipinski definition) is 5. The normalized spacial score (nSPS) is 13.8. The van der Waals surface area contributed by atoms with Gasteiger partial charge in [0.15, 0.2) is 12.4 Å². The number of hydrogen-bond donors (Lipinski definition) is 0. The molecule has 3 rings (SSSR count). The van der Waals surface area contributed by atoms with Crippen molar-refractivity contribution in [2.75, 3.05) is 37.7 Å². The quantitative estimate of drug-likeness (QED) is 0.518. The molecule has 0 saturated carbocycles. The number of rotatable bonds is 6. The predicted octanol–water partition coefficient (Wildman–Crippen LogP) is 3.12. The lowest BCUT2D eigenvalue weighted by molar-refractivity contribution is -0.151.